The number of likely N-dealkylation sites (N-methyl/N-ethyl adjacent to an activating group) is 1. The fourth-order valence-electron chi connectivity index (χ4n) is 3.26. The van der Waals surface area contributed by atoms with Gasteiger partial charge < -0.3 is 10.2 Å². The van der Waals surface area contributed by atoms with Crippen LogP contribution in [0.4, 0.5) is 11.5 Å². The predicted molar refractivity (Wildman–Crippen MR) is 121 cm³/mol. The standard InChI is InChI=1S/C23H22N4OS/c1-15-8-7-11-19(16(15)2)26-21(28)13-27(3)22-18-12-20(17-9-5-4-6-10-17)29-23(18)25-14-24-22/h4-12,14H,13H2,1-3H3,(H,26,28). The lowest BCUT2D eigenvalue weighted by Gasteiger charge is -2.19. The number of benzene rings is 2. The molecule has 6 heteroatoms. The number of fused-ring (bicyclic) bond motifs is 1. The van der Waals surface area contributed by atoms with E-state index in [1.54, 1.807) is 17.7 Å². The highest BCUT2D eigenvalue weighted by atomic mass is 32.1. The summed E-state index contributed by atoms with van der Waals surface area (Å²) in [6.45, 7) is 4.25. The number of rotatable bonds is 5. The lowest BCUT2D eigenvalue weighted by Crippen LogP contribution is -2.31. The summed E-state index contributed by atoms with van der Waals surface area (Å²) in [5.74, 6) is 0.677. The summed E-state index contributed by atoms with van der Waals surface area (Å²) in [5.41, 5.74) is 4.23. The first-order chi connectivity index (χ1) is 14.0. The molecule has 1 amide bonds. The Hall–Kier alpha value is -3.25. The van der Waals surface area contributed by atoms with Crippen LogP contribution in [0.5, 0.6) is 0 Å². The van der Waals surface area contributed by atoms with E-state index in [0.29, 0.717) is 0 Å². The highest BCUT2D eigenvalue weighted by Crippen LogP contribution is 2.35. The number of nitrogens with one attached hydrogen (secondary N) is 1. The molecule has 5 nitrogen and oxygen atoms in total. The van der Waals surface area contributed by atoms with Crippen molar-refractivity contribution in [2.45, 2.75) is 13.8 Å². The molecule has 146 valence electrons. The molecule has 0 unspecified atom stereocenters. The zero-order chi connectivity index (χ0) is 20.4. The summed E-state index contributed by atoms with van der Waals surface area (Å²) in [6, 6.07) is 18.2. The highest BCUT2D eigenvalue weighted by Gasteiger charge is 2.16. The molecule has 1 N–H and O–H groups in total. The Kier molecular flexibility index (Phi) is 5.27. The van der Waals surface area contributed by atoms with Crippen LogP contribution in [-0.2, 0) is 4.79 Å². The largest absolute Gasteiger partial charge is 0.350 e. The zero-order valence-corrected chi connectivity index (χ0v) is 17.5. The second-order valence-electron chi connectivity index (χ2n) is 7.04. The second-order valence-corrected chi connectivity index (χ2v) is 8.08. The van der Waals surface area contributed by atoms with E-state index in [1.807, 2.05) is 62.2 Å². The SMILES string of the molecule is Cc1cccc(NC(=O)CN(C)c2ncnc3sc(-c4ccccc4)cc23)c1C. The van der Waals surface area contributed by atoms with Crippen LogP contribution >= 0.6 is 11.3 Å². The number of aromatic nitrogens is 2. The van der Waals surface area contributed by atoms with Crippen molar-refractivity contribution >= 4 is 39.0 Å². The molecule has 0 fully saturated rings. The summed E-state index contributed by atoms with van der Waals surface area (Å²) in [6.07, 6.45) is 1.56. The number of hydrogen-bond acceptors (Lipinski definition) is 5. The summed E-state index contributed by atoms with van der Waals surface area (Å²) < 4.78 is 0. The van der Waals surface area contributed by atoms with Crippen LogP contribution in [0.25, 0.3) is 20.7 Å². The Bertz CT molecular complexity index is 1170. The molecule has 4 rings (SSSR count). The van der Waals surface area contributed by atoms with Gasteiger partial charge in [-0.3, -0.25) is 4.79 Å². The molecular formula is C23H22N4OS. The third-order valence-corrected chi connectivity index (χ3v) is 6.08. The van der Waals surface area contributed by atoms with Gasteiger partial charge in [0.05, 0.1) is 11.9 Å². The Balaban J connectivity index is 1.57. The van der Waals surface area contributed by atoms with E-state index in [-0.39, 0.29) is 12.5 Å². The average Bonchev–Trinajstić information content (AvgIpc) is 3.16. The van der Waals surface area contributed by atoms with Crippen molar-refractivity contribution in [3.05, 3.63) is 72.1 Å². The second kappa shape index (κ2) is 8.01. The van der Waals surface area contributed by atoms with Gasteiger partial charge in [0.15, 0.2) is 0 Å². The Morgan fingerprint density at radius 2 is 1.86 bits per heavy atom. The Morgan fingerprint density at radius 3 is 2.66 bits per heavy atom. The Morgan fingerprint density at radius 1 is 1.07 bits per heavy atom. The van der Waals surface area contributed by atoms with E-state index in [2.05, 4.69) is 33.5 Å². The number of carbonyl (C=O) groups is 1. The molecule has 29 heavy (non-hydrogen) atoms. The third kappa shape index (κ3) is 3.98. The molecule has 2 heterocycles. The fourth-order valence-corrected chi connectivity index (χ4v) is 4.26. The topological polar surface area (TPSA) is 58.1 Å². The van der Waals surface area contributed by atoms with Gasteiger partial charge in [-0.2, -0.15) is 0 Å². The van der Waals surface area contributed by atoms with E-state index >= 15 is 0 Å². The number of aryl methyl sites for hydroxylation is 1. The van der Waals surface area contributed by atoms with Crippen LogP contribution in [0.15, 0.2) is 60.9 Å². The van der Waals surface area contributed by atoms with Crippen LogP contribution in [-0.4, -0.2) is 29.5 Å². The van der Waals surface area contributed by atoms with Crippen molar-refractivity contribution < 1.29 is 4.79 Å². The van der Waals surface area contributed by atoms with Crippen molar-refractivity contribution in [1.82, 2.24) is 9.97 Å². The van der Waals surface area contributed by atoms with Gasteiger partial charge in [0.25, 0.3) is 0 Å². The summed E-state index contributed by atoms with van der Waals surface area (Å²) >= 11 is 1.63. The first kappa shape index (κ1) is 19.1. The minimum atomic E-state index is -0.0773. The first-order valence-corrected chi connectivity index (χ1v) is 10.2. The van der Waals surface area contributed by atoms with Crippen LogP contribution in [0.1, 0.15) is 11.1 Å². The molecule has 0 spiro atoms. The first-order valence-electron chi connectivity index (χ1n) is 9.40. The minimum absolute atomic E-state index is 0.0773. The monoisotopic (exact) mass is 402 g/mol. The third-order valence-electron chi connectivity index (χ3n) is 4.99. The molecule has 0 aliphatic rings. The lowest BCUT2D eigenvalue weighted by atomic mass is 10.1. The average molecular weight is 403 g/mol. The lowest BCUT2D eigenvalue weighted by molar-refractivity contribution is -0.114. The fraction of sp³-hybridized carbons (Fsp3) is 0.174. The summed E-state index contributed by atoms with van der Waals surface area (Å²) in [5, 5.41) is 3.97. The van der Waals surface area contributed by atoms with E-state index in [0.717, 1.165) is 43.3 Å². The van der Waals surface area contributed by atoms with Gasteiger partial charge >= 0.3 is 0 Å². The number of hydrogen-bond donors (Lipinski definition) is 1. The van der Waals surface area contributed by atoms with Crippen LogP contribution in [0, 0.1) is 13.8 Å². The Labute approximate surface area is 174 Å². The minimum Gasteiger partial charge on any atom is -0.350 e. The predicted octanol–water partition coefficient (Wildman–Crippen LogP) is 5.05. The maximum absolute atomic E-state index is 12.6. The van der Waals surface area contributed by atoms with Crippen LogP contribution in [0.2, 0.25) is 0 Å². The molecule has 0 saturated heterocycles. The smallest absolute Gasteiger partial charge is 0.243 e. The summed E-state index contributed by atoms with van der Waals surface area (Å²) in [4.78, 5) is 25.4. The van der Waals surface area contributed by atoms with Crippen LogP contribution < -0.4 is 10.2 Å². The van der Waals surface area contributed by atoms with E-state index < -0.39 is 0 Å². The number of thiophene rings is 1. The molecule has 2 aromatic carbocycles. The van der Waals surface area contributed by atoms with Gasteiger partial charge in [-0.25, -0.2) is 9.97 Å². The van der Waals surface area contributed by atoms with E-state index in [4.69, 9.17) is 0 Å². The molecule has 0 aliphatic carbocycles. The van der Waals surface area contributed by atoms with Crippen molar-refractivity contribution in [3.63, 3.8) is 0 Å². The molecule has 0 bridgehead atoms. The van der Waals surface area contributed by atoms with Gasteiger partial charge in [0.1, 0.15) is 17.0 Å². The number of anilines is 2. The van der Waals surface area contributed by atoms with Crippen molar-refractivity contribution in [2.24, 2.45) is 0 Å². The molecule has 4 aromatic rings. The molecule has 0 aliphatic heterocycles. The number of amides is 1. The van der Waals surface area contributed by atoms with Crippen molar-refractivity contribution in [2.75, 3.05) is 23.8 Å². The molecule has 2 aromatic heterocycles. The normalized spacial score (nSPS) is 10.9. The molecule has 0 saturated carbocycles. The maximum Gasteiger partial charge on any atom is 0.243 e. The van der Waals surface area contributed by atoms with Gasteiger partial charge in [0, 0.05) is 17.6 Å². The maximum atomic E-state index is 12.6. The highest BCUT2D eigenvalue weighted by molar-refractivity contribution is 7.21. The van der Waals surface area contributed by atoms with Crippen molar-refractivity contribution in [3.8, 4) is 10.4 Å². The van der Waals surface area contributed by atoms with Crippen molar-refractivity contribution in [1.29, 1.82) is 0 Å². The number of carbonyl (C=O) groups excluding carboxylic acids is 1. The molecular weight excluding hydrogens is 380 g/mol. The van der Waals surface area contributed by atoms with E-state index in [9.17, 15) is 4.79 Å². The number of nitrogens with zero attached hydrogens (tertiary/aromatic N) is 3. The van der Waals surface area contributed by atoms with Crippen LogP contribution in [0.3, 0.4) is 0 Å². The van der Waals surface area contributed by atoms with E-state index in [1.165, 1.54) is 0 Å². The summed E-state index contributed by atoms with van der Waals surface area (Å²) in [7, 11) is 1.88. The van der Waals surface area contributed by atoms with Gasteiger partial charge in [-0.15, -0.1) is 11.3 Å². The molecule has 0 atom stereocenters. The van der Waals surface area contributed by atoms with Gasteiger partial charge in [-0.05, 0) is 42.7 Å². The van der Waals surface area contributed by atoms with Gasteiger partial charge in [0.2, 0.25) is 5.91 Å². The van der Waals surface area contributed by atoms with Gasteiger partial charge in [-0.1, -0.05) is 42.5 Å². The quantitative estimate of drug-likeness (QED) is 0.507. The zero-order valence-electron chi connectivity index (χ0n) is 16.6. The molecule has 0 radical (unpaired) electrons.